The van der Waals surface area contributed by atoms with E-state index >= 15 is 0 Å². The molecule has 1 fully saturated rings. The summed E-state index contributed by atoms with van der Waals surface area (Å²) in [6.07, 6.45) is 4.71. The van der Waals surface area contributed by atoms with Crippen molar-refractivity contribution >= 4 is 23.2 Å². The summed E-state index contributed by atoms with van der Waals surface area (Å²) < 4.78 is 5.62. The van der Waals surface area contributed by atoms with E-state index in [-0.39, 0.29) is 11.8 Å². The molecule has 1 aliphatic heterocycles. The van der Waals surface area contributed by atoms with Crippen molar-refractivity contribution in [2.75, 3.05) is 23.4 Å². The molecular weight excluding hydrogens is 340 g/mol. The van der Waals surface area contributed by atoms with E-state index in [0.717, 1.165) is 43.7 Å². The van der Waals surface area contributed by atoms with Gasteiger partial charge in [-0.25, -0.2) is 0 Å². The molecule has 142 valence electrons. The predicted octanol–water partition coefficient (Wildman–Crippen LogP) is 4.63. The van der Waals surface area contributed by atoms with Gasteiger partial charge in [-0.3, -0.25) is 9.59 Å². The van der Waals surface area contributed by atoms with E-state index in [2.05, 4.69) is 12.2 Å². The standard InChI is InChI=1S/C22H26N2O3/c1-2-3-16-27-20-13-7-17(8-14-20)22(26)23-18-9-11-19(12-10-18)24-15-5-4-6-21(24)25/h7-14H,2-6,15-16H2,1H3,(H,23,26). The Hall–Kier alpha value is -2.82. The minimum absolute atomic E-state index is 0.166. The molecule has 2 amide bonds. The Morgan fingerprint density at radius 1 is 1.07 bits per heavy atom. The van der Waals surface area contributed by atoms with Gasteiger partial charge in [0.25, 0.3) is 5.91 Å². The van der Waals surface area contributed by atoms with E-state index in [4.69, 9.17) is 4.74 Å². The maximum atomic E-state index is 12.4. The zero-order valence-corrected chi connectivity index (χ0v) is 15.7. The van der Waals surface area contributed by atoms with E-state index in [1.54, 1.807) is 12.1 Å². The quantitative estimate of drug-likeness (QED) is 0.727. The second-order valence-electron chi connectivity index (χ2n) is 6.73. The Labute approximate surface area is 160 Å². The third-order valence-electron chi connectivity index (χ3n) is 4.64. The SMILES string of the molecule is CCCCOc1ccc(C(=O)Nc2ccc(N3CCCCC3=O)cc2)cc1. The van der Waals surface area contributed by atoms with Crippen molar-refractivity contribution < 1.29 is 14.3 Å². The van der Waals surface area contributed by atoms with Crippen LogP contribution < -0.4 is 15.0 Å². The van der Waals surface area contributed by atoms with Crippen molar-refractivity contribution in [3.63, 3.8) is 0 Å². The van der Waals surface area contributed by atoms with Gasteiger partial charge in [-0.1, -0.05) is 13.3 Å². The monoisotopic (exact) mass is 366 g/mol. The Morgan fingerprint density at radius 3 is 2.48 bits per heavy atom. The zero-order chi connectivity index (χ0) is 19.1. The highest BCUT2D eigenvalue weighted by Gasteiger charge is 2.19. The minimum Gasteiger partial charge on any atom is -0.494 e. The first-order valence-electron chi connectivity index (χ1n) is 9.62. The minimum atomic E-state index is -0.170. The van der Waals surface area contributed by atoms with Crippen LogP contribution in [0.25, 0.3) is 0 Å². The molecule has 0 saturated carbocycles. The molecule has 1 N–H and O–H groups in total. The molecule has 0 spiro atoms. The summed E-state index contributed by atoms with van der Waals surface area (Å²) in [5.74, 6) is 0.770. The number of anilines is 2. The van der Waals surface area contributed by atoms with Crippen LogP contribution in [0.5, 0.6) is 5.75 Å². The van der Waals surface area contributed by atoms with Gasteiger partial charge in [0.1, 0.15) is 5.75 Å². The van der Waals surface area contributed by atoms with Crippen LogP contribution in [-0.4, -0.2) is 25.0 Å². The number of ether oxygens (including phenoxy) is 1. The summed E-state index contributed by atoms with van der Waals surface area (Å²) in [6, 6.07) is 14.6. The van der Waals surface area contributed by atoms with Crippen LogP contribution in [0.15, 0.2) is 48.5 Å². The number of unbranched alkanes of at least 4 members (excludes halogenated alkanes) is 1. The van der Waals surface area contributed by atoms with E-state index in [1.807, 2.05) is 41.3 Å². The molecular formula is C22H26N2O3. The lowest BCUT2D eigenvalue weighted by Gasteiger charge is -2.26. The molecule has 1 aliphatic rings. The van der Waals surface area contributed by atoms with E-state index < -0.39 is 0 Å². The first-order valence-corrected chi connectivity index (χ1v) is 9.62. The lowest BCUT2D eigenvalue weighted by molar-refractivity contribution is -0.119. The first-order chi connectivity index (χ1) is 13.2. The molecule has 0 atom stereocenters. The number of nitrogens with one attached hydrogen (secondary N) is 1. The van der Waals surface area contributed by atoms with E-state index in [1.165, 1.54) is 0 Å². The van der Waals surface area contributed by atoms with Crippen molar-refractivity contribution in [1.82, 2.24) is 0 Å². The third-order valence-corrected chi connectivity index (χ3v) is 4.64. The summed E-state index contributed by atoms with van der Waals surface area (Å²) in [5, 5.41) is 2.89. The molecule has 0 aromatic heterocycles. The second-order valence-corrected chi connectivity index (χ2v) is 6.73. The molecule has 2 aromatic carbocycles. The molecule has 5 heteroatoms. The van der Waals surface area contributed by atoms with Crippen LogP contribution in [0, 0.1) is 0 Å². The highest BCUT2D eigenvalue weighted by molar-refractivity contribution is 6.04. The van der Waals surface area contributed by atoms with Gasteiger partial charge in [-0.15, -0.1) is 0 Å². The average Bonchev–Trinajstić information content (AvgIpc) is 2.70. The van der Waals surface area contributed by atoms with Crippen molar-refractivity contribution in [2.24, 2.45) is 0 Å². The maximum Gasteiger partial charge on any atom is 0.255 e. The molecule has 0 unspecified atom stereocenters. The van der Waals surface area contributed by atoms with Crippen molar-refractivity contribution in [3.8, 4) is 5.75 Å². The number of hydrogen-bond acceptors (Lipinski definition) is 3. The van der Waals surface area contributed by atoms with Gasteiger partial charge in [-0.05, 0) is 67.8 Å². The van der Waals surface area contributed by atoms with E-state index in [0.29, 0.717) is 24.3 Å². The van der Waals surface area contributed by atoms with E-state index in [9.17, 15) is 9.59 Å². The summed E-state index contributed by atoms with van der Waals surface area (Å²) in [7, 11) is 0. The lowest BCUT2D eigenvalue weighted by Crippen LogP contribution is -2.35. The van der Waals surface area contributed by atoms with Crippen LogP contribution in [0.1, 0.15) is 49.4 Å². The van der Waals surface area contributed by atoms with Crippen molar-refractivity contribution in [3.05, 3.63) is 54.1 Å². The highest BCUT2D eigenvalue weighted by Crippen LogP contribution is 2.23. The summed E-state index contributed by atoms with van der Waals surface area (Å²) >= 11 is 0. The Bertz CT molecular complexity index is 769. The highest BCUT2D eigenvalue weighted by atomic mass is 16.5. The van der Waals surface area contributed by atoms with Gasteiger partial charge < -0.3 is 15.0 Å². The normalized spacial score (nSPS) is 14.1. The largest absolute Gasteiger partial charge is 0.494 e. The maximum absolute atomic E-state index is 12.4. The fourth-order valence-electron chi connectivity index (χ4n) is 3.04. The van der Waals surface area contributed by atoms with Crippen molar-refractivity contribution in [2.45, 2.75) is 39.0 Å². The topological polar surface area (TPSA) is 58.6 Å². The Morgan fingerprint density at radius 2 is 1.81 bits per heavy atom. The second kappa shape index (κ2) is 9.21. The van der Waals surface area contributed by atoms with Gasteiger partial charge >= 0.3 is 0 Å². The molecule has 1 saturated heterocycles. The van der Waals surface area contributed by atoms with Crippen LogP contribution in [0.2, 0.25) is 0 Å². The molecule has 0 radical (unpaired) electrons. The number of amides is 2. The van der Waals surface area contributed by atoms with Crippen LogP contribution >= 0.6 is 0 Å². The fraction of sp³-hybridized carbons (Fsp3) is 0.364. The smallest absolute Gasteiger partial charge is 0.255 e. The molecule has 3 rings (SSSR count). The zero-order valence-electron chi connectivity index (χ0n) is 15.7. The molecule has 1 heterocycles. The van der Waals surface area contributed by atoms with Gasteiger partial charge in [0.05, 0.1) is 6.61 Å². The number of rotatable bonds is 7. The summed E-state index contributed by atoms with van der Waals surface area (Å²) in [6.45, 7) is 3.57. The molecule has 0 aliphatic carbocycles. The number of nitrogens with zero attached hydrogens (tertiary/aromatic N) is 1. The first kappa shape index (κ1) is 19.0. The predicted molar refractivity (Wildman–Crippen MR) is 107 cm³/mol. The number of piperidine rings is 1. The van der Waals surface area contributed by atoms with Crippen LogP contribution in [-0.2, 0) is 4.79 Å². The van der Waals surface area contributed by atoms with Gasteiger partial charge in [0, 0.05) is 29.9 Å². The molecule has 0 bridgehead atoms. The number of carbonyl (C=O) groups excluding carboxylic acids is 2. The van der Waals surface area contributed by atoms with Crippen LogP contribution in [0.4, 0.5) is 11.4 Å². The molecule has 2 aromatic rings. The molecule has 27 heavy (non-hydrogen) atoms. The van der Waals surface area contributed by atoms with Gasteiger partial charge in [-0.2, -0.15) is 0 Å². The number of carbonyl (C=O) groups is 2. The average molecular weight is 366 g/mol. The van der Waals surface area contributed by atoms with Crippen LogP contribution in [0.3, 0.4) is 0 Å². The third kappa shape index (κ3) is 5.09. The summed E-state index contributed by atoms with van der Waals surface area (Å²) in [5.41, 5.74) is 2.16. The Kier molecular flexibility index (Phi) is 6.47. The summed E-state index contributed by atoms with van der Waals surface area (Å²) in [4.78, 5) is 26.2. The fourth-order valence-corrected chi connectivity index (χ4v) is 3.04. The lowest BCUT2D eigenvalue weighted by atomic mass is 10.1. The van der Waals surface area contributed by atoms with Gasteiger partial charge in [0.15, 0.2) is 0 Å². The number of hydrogen-bond donors (Lipinski definition) is 1. The Balaban J connectivity index is 1.58. The van der Waals surface area contributed by atoms with Gasteiger partial charge in [0.2, 0.25) is 5.91 Å². The number of benzene rings is 2. The molecule has 5 nitrogen and oxygen atoms in total. The van der Waals surface area contributed by atoms with Crippen molar-refractivity contribution in [1.29, 1.82) is 0 Å².